The van der Waals surface area contributed by atoms with Crippen molar-refractivity contribution in [2.24, 2.45) is 0 Å². The topological polar surface area (TPSA) is 4.93 Å². The number of allylic oxidation sites excluding steroid dienone is 1. The molecule has 3 heteroatoms. The summed E-state index contributed by atoms with van der Waals surface area (Å²) in [7, 11) is 1.73. The van der Waals surface area contributed by atoms with E-state index in [9.17, 15) is 0 Å². The van der Waals surface area contributed by atoms with Gasteiger partial charge in [0.15, 0.2) is 0 Å². The lowest BCUT2D eigenvalue weighted by Crippen LogP contribution is -1.99. The quantitative estimate of drug-likeness (QED) is 0.402. The normalized spacial score (nSPS) is 13.0. The van der Waals surface area contributed by atoms with Gasteiger partial charge in [0.2, 0.25) is 0 Å². The minimum absolute atomic E-state index is 1.21. The Bertz CT molecular complexity index is 929. The Morgan fingerprint density at radius 3 is 2.71 bits per heavy atom. The highest BCUT2D eigenvalue weighted by Gasteiger charge is 2.15. The third kappa shape index (κ3) is 2.21. The zero-order valence-electron chi connectivity index (χ0n) is 11.2. The average Bonchev–Trinajstić information content (AvgIpc) is 2.65. The molecule has 0 saturated carbocycles. The van der Waals surface area contributed by atoms with Crippen molar-refractivity contribution in [1.82, 2.24) is 4.57 Å². The maximum Gasteiger partial charge on any atom is 0.0639 e. The molecule has 4 rings (SSSR count). The molecule has 1 aliphatic rings. The van der Waals surface area contributed by atoms with E-state index in [1.54, 1.807) is 10.9 Å². The SMILES string of the molecule is Ic1ccc2c3c(n(-c4ccccc4)c2c1)C=S=CC=C3. The maximum absolute atomic E-state index is 2.38. The number of fused-ring (bicyclic) bond motifs is 3. The summed E-state index contributed by atoms with van der Waals surface area (Å²) in [5.41, 5.74) is 5.03. The molecule has 0 N–H and O–H groups in total. The molecule has 1 aromatic heterocycles. The molecule has 3 aromatic rings. The Morgan fingerprint density at radius 2 is 1.86 bits per heavy atom. The number of benzene rings is 2. The van der Waals surface area contributed by atoms with E-state index in [-0.39, 0.29) is 0 Å². The summed E-state index contributed by atoms with van der Waals surface area (Å²) in [4.78, 5) is 0. The maximum atomic E-state index is 2.38. The van der Waals surface area contributed by atoms with E-state index in [2.05, 4.69) is 98.6 Å². The fraction of sp³-hybridized carbons (Fsp3) is 0. The highest BCUT2D eigenvalue weighted by molar-refractivity contribution is 14.1. The standard InChI is InChI=1S/C18H12INS/c19-13-8-9-16-15-7-4-10-21-12-18(15)20(17(16)11-13)14-5-2-1-3-6-14/h1-12H. The summed E-state index contributed by atoms with van der Waals surface area (Å²) in [6.45, 7) is 0. The van der Waals surface area contributed by atoms with Crippen LogP contribution in [0.15, 0.2) is 54.6 Å². The number of nitrogens with zero attached hydrogens (tertiary/aromatic N) is 1. The van der Waals surface area contributed by atoms with Crippen LogP contribution < -0.4 is 0 Å². The van der Waals surface area contributed by atoms with Crippen molar-refractivity contribution >= 4 is 61.2 Å². The van der Waals surface area contributed by atoms with E-state index >= 15 is 0 Å². The first kappa shape index (κ1) is 13.1. The first-order chi connectivity index (χ1) is 10.3. The van der Waals surface area contributed by atoms with Crippen LogP contribution in [0.3, 0.4) is 0 Å². The van der Waals surface area contributed by atoms with Crippen molar-refractivity contribution in [2.45, 2.75) is 0 Å². The third-order valence-electron chi connectivity index (χ3n) is 3.62. The second kappa shape index (κ2) is 5.31. The number of halogens is 1. The summed E-state index contributed by atoms with van der Waals surface area (Å²) < 4.78 is 3.61. The molecule has 2 heterocycles. The first-order valence-electron chi connectivity index (χ1n) is 6.72. The van der Waals surface area contributed by atoms with Gasteiger partial charge in [-0.15, -0.1) is 0 Å². The van der Waals surface area contributed by atoms with Crippen LogP contribution in [-0.2, 0) is 0 Å². The molecule has 0 unspecified atom stereocenters. The molecule has 0 bridgehead atoms. The van der Waals surface area contributed by atoms with Crippen LogP contribution in [0, 0.1) is 3.57 Å². The van der Waals surface area contributed by atoms with Gasteiger partial charge in [0, 0.05) is 25.6 Å². The smallest absolute Gasteiger partial charge is 0.0639 e. The monoisotopic (exact) mass is 401 g/mol. The molecule has 0 saturated heterocycles. The lowest BCUT2D eigenvalue weighted by Gasteiger charge is -2.08. The van der Waals surface area contributed by atoms with Gasteiger partial charge in [-0.05, 0) is 52.2 Å². The van der Waals surface area contributed by atoms with Crippen LogP contribution in [0.5, 0.6) is 0 Å². The molecule has 102 valence electrons. The van der Waals surface area contributed by atoms with Gasteiger partial charge >= 0.3 is 0 Å². The minimum atomic E-state index is 1.21. The fourth-order valence-corrected chi connectivity index (χ4v) is 3.82. The van der Waals surface area contributed by atoms with Crippen molar-refractivity contribution in [2.75, 3.05) is 0 Å². The van der Waals surface area contributed by atoms with Crippen LogP contribution in [0.1, 0.15) is 11.3 Å². The van der Waals surface area contributed by atoms with E-state index in [1.807, 2.05) is 0 Å². The molecule has 0 spiro atoms. The average molecular weight is 401 g/mol. The predicted molar refractivity (Wildman–Crippen MR) is 104 cm³/mol. The molecule has 1 nitrogen and oxygen atoms in total. The highest BCUT2D eigenvalue weighted by Crippen LogP contribution is 2.31. The van der Waals surface area contributed by atoms with E-state index < -0.39 is 0 Å². The van der Waals surface area contributed by atoms with Gasteiger partial charge in [0.25, 0.3) is 0 Å². The molecule has 2 aromatic carbocycles. The zero-order valence-corrected chi connectivity index (χ0v) is 14.1. The number of hydrogen-bond acceptors (Lipinski definition) is 0. The Balaban J connectivity index is 2.18. The largest absolute Gasteiger partial charge is 0.308 e. The fourth-order valence-electron chi connectivity index (χ4n) is 2.74. The molecule has 0 aliphatic carbocycles. The highest BCUT2D eigenvalue weighted by atomic mass is 127. The zero-order chi connectivity index (χ0) is 14.2. The van der Waals surface area contributed by atoms with Crippen LogP contribution in [0.2, 0.25) is 0 Å². The van der Waals surface area contributed by atoms with Gasteiger partial charge in [-0.1, -0.05) is 36.4 Å². The van der Waals surface area contributed by atoms with Crippen molar-refractivity contribution in [1.29, 1.82) is 0 Å². The van der Waals surface area contributed by atoms with Crippen molar-refractivity contribution in [3.05, 3.63) is 69.4 Å². The van der Waals surface area contributed by atoms with Crippen LogP contribution in [-0.4, -0.2) is 15.3 Å². The van der Waals surface area contributed by atoms with E-state index in [0.717, 1.165) is 0 Å². The van der Waals surface area contributed by atoms with Crippen LogP contribution >= 0.6 is 33.5 Å². The predicted octanol–water partition coefficient (Wildman–Crippen LogP) is 4.95. The van der Waals surface area contributed by atoms with Gasteiger partial charge in [-0.25, -0.2) is 0 Å². The lowest BCUT2D eigenvalue weighted by atomic mass is 10.1. The second-order valence-electron chi connectivity index (χ2n) is 4.88. The Labute approximate surface area is 140 Å². The molecule has 1 aliphatic heterocycles. The van der Waals surface area contributed by atoms with Crippen LogP contribution in [0.25, 0.3) is 22.7 Å². The minimum Gasteiger partial charge on any atom is -0.308 e. The van der Waals surface area contributed by atoms with Crippen LogP contribution in [0.4, 0.5) is 0 Å². The van der Waals surface area contributed by atoms with Gasteiger partial charge < -0.3 is 4.57 Å². The lowest BCUT2D eigenvalue weighted by molar-refractivity contribution is 1.11. The molecule has 0 amide bonds. The molecule has 0 radical (unpaired) electrons. The number of rotatable bonds is 1. The molecule has 21 heavy (non-hydrogen) atoms. The van der Waals surface area contributed by atoms with Crippen molar-refractivity contribution < 1.29 is 0 Å². The molecule has 0 fully saturated rings. The summed E-state index contributed by atoms with van der Waals surface area (Å²) >= 11 is 2.38. The van der Waals surface area contributed by atoms with Crippen molar-refractivity contribution in [3.8, 4) is 5.69 Å². The van der Waals surface area contributed by atoms with Gasteiger partial charge in [-0.3, -0.25) is 0 Å². The number of aromatic nitrogens is 1. The summed E-state index contributed by atoms with van der Waals surface area (Å²) in [5, 5.41) is 5.65. The number of hydrogen-bond donors (Lipinski definition) is 0. The van der Waals surface area contributed by atoms with E-state index in [1.165, 1.54) is 31.4 Å². The number of para-hydroxylation sites is 1. The van der Waals surface area contributed by atoms with Crippen molar-refractivity contribution in [3.63, 3.8) is 0 Å². The Morgan fingerprint density at radius 1 is 1.00 bits per heavy atom. The van der Waals surface area contributed by atoms with Gasteiger partial charge in [-0.2, -0.15) is 10.9 Å². The summed E-state index contributed by atoms with van der Waals surface area (Å²) in [6.07, 6.45) is 4.33. The Kier molecular flexibility index (Phi) is 3.31. The van der Waals surface area contributed by atoms with Gasteiger partial charge in [0.1, 0.15) is 0 Å². The third-order valence-corrected chi connectivity index (χ3v) is 4.97. The molecular formula is C18H12INS. The molecular weight excluding hydrogens is 389 g/mol. The van der Waals surface area contributed by atoms with E-state index in [4.69, 9.17) is 0 Å². The molecule has 0 atom stereocenters. The van der Waals surface area contributed by atoms with E-state index in [0.29, 0.717) is 0 Å². The Hall–Kier alpha value is -1.59. The first-order valence-corrected chi connectivity index (χ1v) is 8.75. The summed E-state index contributed by atoms with van der Waals surface area (Å²) in [5.74, 6) is 0. The van der Waals surface area contributed by atoms with Gasteiger partial charge in [0.05, 0.1) is 11.2 Å². The summed E-state index contributed by atoms with van der Waals surface area (Å²) in [6, 6.07) is 17.2. The second-order valence-corrected chi connectivity index (χ2v) is 6.91.